The third-order valence-electron chi connectivity index (χ3n) is 3.69. The minimum Gasteiger partial charge on any atom is -0.393 e. The van der Waals surface area contributed by atoms with E-state index in [0.717, 1.165) is 25.3 Å². The standard InChI is InChI=1S/C14H17FN2O3S/c15-13-5-2-6-14(12(13)8-16)21(19,20)17-9-10-3-1-4-11(18)7-10/h2,5-6,10-11,17-18H,1,3-4,7,9H2. The zero-order valence-corrected chi connectivity index (χ0v) is 12.2. The lowest BCUT2D eigenvalue weighted by atomic mass is 9.87. The molecule has 2 N–H and O–H groups in total. The summed E-state index contributed by atoms with van der Waals surface area (Å²) < 4.78 is 40.3. The lowest BCUT2D eigenvalue weighted by Gasteiger charge is -2.25. The number of hydrogen-bond donors (Lipinski definition) is 2. The number of nitrogens with one attached hydrogen (secondary N) is 1. The van der Waals surface area contributed by atoms with Gasteiger partial charge < -0.3 is 5.11 Å². The zero-order chi connectivity index (χ0) is 15.5. The Bertz CT molecular complexity index is 655. The summed E-state index contributed by atoms with van der Waals surface area (Å²) in [4.78, 5) is -0.346. The zero-order valence-electron chi connectivity index (χ0n) is 11.4. The topological polar surface area (TPSA) is 90.2 Å². The van der Waals surface area contributed by atoms with E-state index < -0.39 is 27.5 Å². The van der Waals surface area contributed by atoms with Crippen LogP contribution in [-0.4, -0.2) is 26.2 Å². The molecule has 114 valence electrons. The molecule has 21 heavy (non-hydrogen) atoms. The number of aliphatic hydroxyl groups is 1. The van der Waals surface area contributed by atoms with E-state index in [9.17, 15) is 17.9 Å². The molecule has 0 spiro atoms. The van der Waals surface area contributed by atoms with E-state index in [1.807, 2.05) is 0 Å². The molecular weight excluding hydrogens is 295 g/mol. The number of rotatable bonds is 4. The number of sulfonamides is 1. The first-order valence-electron chi connectivity index (χ1n) is 6.80. The monoisotopic (exact) mass is 312 g/mol. The second-order valence-electron chi connectivity index (χ2n) is 5.26. The predicted octanol–water partition coefficient (Wildman–Crippen LogP) is 1.53. The number of aliphatic hydroxyl groups excluding tert-OH is 1. The first kappa shape index (κ1) is 15.9. The molecule has 1 aromatic carbocycles. The van der Waals surface area contributed by atoms with Gasteiger partial charge in [-0.3, -0.25) is 0 Å². The Hall–Kier alpha value is -1.49. The van der Waals surface area contributed by atoms with Crippen LogP contribution in [0.5, 0.6) is 0 Å². The second-order valence-corrected chi connectivity index (χ2v) is 7.00. The smallest absolute Gasteiger partial charge is 0.242 e. The van der Waals surface area contributed by atoms with E-state index >= 15 is 0 Å². The van der Waals surface area contributed by atoms with Gasteiger partial charge in [-0.15, -0.1) is 0 Å². The van der Waals surface area contributed by atoms with Crippen molar-refractivity contribution in [3.05, 3.63) is 29.6 Å². The number of halogens is 1. The molecule has 0 aromatic heterocycles. The van der Waals surface area contributed by atoms with Gasteiger partial charge >= 0.3 is 0 Å². The van der Waals surface area contributed by atoms with Gasteiger partial charge in [-0.1, -0.05) is 12.5 Å². The summed E-state index contributed by atoms with van der Waals surface area (Å²) in [6.45, 7) is 0.181. The molecule has 2 rings (SSSR count). The molecule has 0 bridgehead atoms. The Morgan fingerprint density at radius 2 is 2.19 bits per heavy atom. The fraction of sp³-hybridized carbons (Fsp3) is 0.500. The first-order chi connectivity index (χ1) is 9.94. The largest absolute Gasteiger partial charge is 0.393 e. The van der Waals surface area contributed by atoms with E-state index in [-0.39, 0.29) is 17.4 Å². The van der Waals surface area contributed by atoms with Crippen LogP contribution in [0.4, 0.5) is 4.39 Å². The van der Waals surface area contributed by atoms with E-state index in [2.05, 4.69) is 4.72 Å². The quantitative estimate of drug-likeness (QED) is 0.882. The van der Waals surface area contributed by atoms with Crippen molar-refractivity contribution in [3.8, 4) is 6.07 Å². The van der Waals surface area contributed by atoms with Crippen LogP contribution in [0.3, 0.4) is 0 Å². The van der Waals surface area contributed by atoms with Gasteiger partial charge in [0.05, 0.1) is 6.10 Å². The molecule has 2 unspecified atom stereocenters. The van der Waals surface area contributed by atoms with Crippen molar-refractivity contribution < 1.29 is 17.9 Å². The Kier molecular flexibility index (Phi) is 4.93. The van der Waals surface area contributed by atoms with E-state index in [0.29, 0.717) is 6.42 Å². The number of benzene rings is 1. The highest BCUT2D eigenvalue weighted by atomic mass is 32.2. The van der Waals surface area contributed by atoms with Gasteiger partial charge in [-0.25, -0.2) is 17.5 Å². The Balaban J connectivity index is 2.12. The van der Waals surface area contributed by atoms with Gasteiger partial charge in [0.2, 0.25) is 10.0 Å². The predicted molar refractivity (Wildman–Crippen MR) is 74.3 cm³/mol. The van der Waals surface area contributed by atoms with Crippen LogP contribution in [0.1, 0.15) is 31.2 Å². The summed E-state index contributed by atoms with van der Waals surface area (Å²) in [5.41, 5.74) is -0.478. The van der Waals surface area contributed by atoms with Crippen LogP contribution in [0.2, 0.25) is 0 Å². The van der Waals surface area contributed by atoms with Gasteiger partial charge in [-0.2, -0.15) is 5.26 Å². The minimum absolute atomic E-state index is 0.0580. The molecule has 0 saturated heterocycles. The highest BCUT2D eigenvalue weighted by Crippen LogP contribution is 2.24. The van der Waals surface area contributed by atoms with Gasteiger partial charge in [0, 0.05) is 6.54 Å². The average molecular weight is 312 g/mol. The van der Waals surface area contributed by atoms with Crippen molar-refractivity contribution in [2.45, 2.75) is 36.7 Å². The second kappa shape index (κ2) is 6.52. The molecule has 1 fully saturated rings. The van der Waals surface area contributed by atoms with Crippen LogP contribution in [0.25, 0.3) is 0 Å². The lowest BCUT2D eigenvalue weighted by Crippen LogP contribution is -2.33. The molecule has 0 amide bonds. The SMILES string of the molecule is N#Cc1c(F)cccc1S(=O)(=O)NCC1CCCC(O)C1. The molecule has 2 atom stereocenters. The van der Waals surface area contributed by atoms with Crippen LogP contribution >= 0.6 is 0 Å². The van der Waals surface area contributed by atoms with Crippen LogP contribution < -0.4 is 4.72 Å². The summed E-state index contributed by atoms with van der Waals surface area (Å²) in [6, 6.07) is 5.10. The number of nitrogens with zero attached hydrogens (tertiary/aromatic N) is 1. The Labute approximate surface area is 123 Å². The lowest BCUT2D eigenvalue weighted by molar-refractivity contribution is 0.102. The third kappa shape index (κ3) is 3.79. The highest BCUT2D eigenvalue weighted by molar-refractivity contribution is 7.89. The first-order valence-corrected chi connectivity index (χ1v) is 8.28. The fourth-order valence-electron chi connectivity index (χ4n) is 2.59. The molecule has 1 aromatic rings. The van der Waals surface area contributed by atoms with Crippen LogP contribution in [0, 0.1) is 23.1 Å². The molecule has 0 heterocycles. The van der Waals surface area contributed by atoms with Crippen molar-refractivity contribution in [2.75, 3.05) is 6.54 Å². The maximum atomic E-state index is 13.5. The molecule has 5 nitrogen and oxygen atoms in total. The van der Waals surface area contributed by atoms with Crippen molar-refractivity contribution in [1.82, 2.24) is 4.72 Å². The molecule has 1 aliphatic carbocycles. The van der Waals surface area contributed by atoms with Gasteiger partial charge in [-0.05, 0) is 37.3 Å². The van der Waals surface area contributed by atoms with Crippen molar-refractivity contribution >= 4 is 10.0 Å². The van der Waals surface area contributed by atoms with Crippen molar-refractivity contribution in [3.63, 3.8) is 0 Å². The summed E-state index contributed by atoms with van der Waals surface area (Å²) in [6.07, 6.45) is 2.60. The molecule has 7 heteroatoms. The highest BCUT2D eigenvalue weighted by Gasteiger charge is 2.25. The van der Waals surface area contributed by atoms with Crippen molar-refractivity contribution in [1.29, 1.82) is 5.26 Å². The van der Waals surface area contributed by atoms with E-state index in [1.165, 1.54) is 12.1 Å². The van der Waals surface area contributed by atoms with Gasteiger partial charge in [0.1, 0.15) is 22.3 Å². The number of nitriles is 1. The number of hydrogen-bond acceptors (Lipinski definition) is 4. The Morgan fingerprint density at radius 3 is 2.86 bits per heavy atom. The molecule has 0 radical (unpaired) electrons. The van der Waals surface area contributed by atoms with Gasteiger partial charge in [0.15, 0.2) is 0 Å². The normalized spacial score (nSPS) is 22.7. The Morgan fingerprint density at radius 1 is 1.43 bits per heavy atom. The summed E-state index contributed by atoms with van der Waals surface area (Å²) in [5, 5.41) is 18.5. The molecule has 1 saturated carbocycles. The maximum Gasteiger partial charge on any atom is 0.242 e. The van der Waals surface area contributed by atoms with Crippen LogP contribution in [-0.2, 0) is 10.0 Å². The van der Waals surface area contributed by atoms with Crippen molar-refractivity contribution in [2.24, 2.45) is 5.92 Å². The van der Waals surface area contributed by atoms with E-state index in [4.69, 9.17) is 5.26 Å². The summed E-state index contributed by atoms with van der Waals surface area (Å²) in [5.74, 6) is -0.795. The fourth-order valence-corrected chi connectivity index (χ4v) is 3.87. The summed E-state index contributed by atoms with van der Waals surface area (Å²) in [7, 11) is -3.94. The molecular formula is C14H17FN2O3S. The molecule has 0 aliphatic heterocycles. The van der Waals surface area contributed by atoms with Gasteiger partial charge in [0.25, 0.3) is 0 Å². The van der Waals surface area contributed by atoms with E-state index in [1.54, 1.807) is 6.07 Å². The average Bonchev–Trinajstić information content (AvgIpc) is 2.45. The minimum atomic E-state index is -3.94. The molecule has 1 aliphatic rings. The summed E-state index contributed by atoms with van der Waals surface area (Å²) >= 11 is 0. The third-order valence-corrected chi connectivity index (χ3v) is 5.16. The van der Waals surface area contributed by atoms with Crippen LogP contribution in [0.15, 0.2) is 23.1 Å². The maximum absolute atomic E-state index is 13.5.